The highest BCUT2D eigenvalue weighted by atomic mass is 32.1. The van der Waals surface area contributed by atoms with E-state index >= 15 is 0 Å². The van der Waals surface area contributed by atoms with Crippen LogP contribution in [0.2, 0.25) is 0 Å². The van der Waals surface area contributed by atoms with Crippen molar-refractivity contribution in [2.75, 3.05) is 26.2 Å². The number of carbonyl (C=O) groups is 1. The summed E-state index contributed by atoms with van der Waals surface area (Å²) in [5.74, 6) is -0.116. The van der Waals surface area contributed by atoms with Crippen LogP contribution in [-0.4, -0.2) is 51.8 Å². The van der Waals surface area contributed by atoms with Crippen LogP contribution in [0.25, 0.3) is 0 Å². The van der Waals surface area contributed by atoms with Crippen molar-refractivity contribution in [1.29, 1.82) is 0 Å². The second-order valence-corrected chi connectivity index (χ2v) is 7.55. The summed E-state index contributed by atoms with van der Waals surface area (Å²) in [5.41, 5.74) is 1.09. The molecule has 7 nitrogen and oxygen atoms in total. The van der Waals surface area contributed by atoms with Gasteiger partial charge in [-0.2, -0.15) is 0 Å². The van der Waals surface area contributed by atoms with Crippen LogP contribution in [0.5, 0.6) is 0 Å². The highest BCUT2D eigenvalue weighted by Gasteiger charge is 2.25. The fraction of sp³-hybridized carbons (Fsp3) is 0.467. The largest absolute Gasteiger partial charge is 0.335 e. The van der Waals surface area contributed by atoms with Crippen molar-refractivity contribution in [3.8, 4) is 0 Å². The molecule has 0 aliphatic carbocycles. The zero-order chi connectivity index (χ0) is 17.1. The summed E-state index contributed by atoms with van der Waals surface area (Å²) in [6, 6.07) is 2.93. The van der Waals surface area contributed by atoms with E-state index in [-0.39, 0.29) is 10.9 Å². The van der Waals surface area contributed by atoms with Crippen LogP contribution in [0.3, 0.4) is 0 Å². The van der Waals surface area contributed by atoms with Crippen LogP contribution in [0.1, 0.15) is 27.3 Å². The van der Waals surface area contributed by atoms with Crippen molar-refractivity contribution in [3.05, 3.63) is 43.2 Å². The monoisotopic (exact) mass is 366 g/mol. The molecule has 3 rings (SSSR count). The summed E-state index contributed by atoms with van der Waals surface area (Å²) < 4.78 is 0. The molecular formula is C15H18N4O3S2. The zero-order valence-corrected chi connectivity index (χ0v) is 14.9. The number of nitrogens with zero attached hydrogens (tertiary/aromatic N) is 4. The molecule has 9 heteroatoms. The van der Waals surface area contributed by atoms with Crippen molar-refractivity contribution in [2.45, 2.75) is 19.9 Å². The Morgan fingerprint density at radius 3 is 2.67 bits per heavy atom. The number of nitro groups is 1. The number of carbonyl (C=O) groups excluding carboxylic acids is 1. The molecule has 0 N–H and O–H groups in total. The molecule has 3 heterocycles. The number of piperazine rings is 1. The third-order valence-corrected chi connectivity index (χ3v) is 6.00. The lowest BCUT2D eigenvalue weighted by atomic mass is 10.2. The van der Waals surface area contributed by atoms with Gasteiger partial charge in [0, 0.05) is 44.2 Å². The lowest BCUT2D eigenvalue weighted by Crippen LogP contribution is -2.48. The first-order chi connectivity index (χ1) is 11.6. The van der Waals surface area contributed by atoms with E-state index in [1.165, 1.54) is 6.07 Å². The van der Waals surface area contributed by atoms with Crippen molar-refractivity contribution >= 4 is 33.6 Å². The third-order valence-electron chi connectivity index (χ3n) is 3.93. The summed E-state index contributed by atoms with van der Waals surface area (Å²) >= 11 is 2.63. The molecule has 0 bridgehead atoms. The van der Waals surface area contributed by atoms with Gasteiger partial charge in [-0.05, 0) is 12.5 Å². The van der Waals surface area contributed by atoms with E-state index in [9.17, 15) is 14.9 Å². The minimum absolute atomic E-state index is 0.00671. The normalized spacial score (nSPS) is 15.6. The predicted molar refractivity (Wildman–Crippen MR) is 93.6 cm³/mol. The summed E-state index contributed by atoms with van der Waals surface area (Å²) in [6.07, 6.45) is 0.958. The standard InChI is InChI=1S/C15H18N4O3S2/c1-2-13-16-11(10-23-13)9-17-5-7-18(8-6-17)15(20)12-3-4-14(24-12)19(21)22/h3-4,10H,2,5-9H2,1H3. The maximum absolute atomic E-state index is 12.4. The number of amides is 1. The molecule has 1 amide bonds. The van der Waals surface area contributed by atoms with Gasteiger partial charge >= 0.3 is 5.00 Å². The Morgan fingerprint density at radius 1 is 1.33 bits per heavy atom. The molecule has 1 aliphatic heterocycles. The fourth-order valence-electron chi connectivity index (χ4n) is 2.62. The molecule has 1 aliphatic rings. The third kappa shape index (κ3) is 3.80. The molecule has 0 radical (unpaired) electrons. The SMILES string of the molecule is CCc1nc(CN2CCN(C(=O)c3ccc([N+](=O)[O-])s3)CC2)cs1. The maximum Gasteiger partial charge on any atom is 0.324 e. The van der Waals surface area contributed by atoms with Crippen molar-refractivity contribution in [1.82, 2.24) is 14.8 Å². The van der Waals surface area contributed by atoms with Crippen LogP contribution in [0.4, 0.5) is 5.00 Å². The van der Waals surface area contributed by atoms with Gasteiger partial charge in [0.25, 0.3) is 5.91 Å². The van der Waals surface area contributed by atoms with Crippen LogP contribution in [0.15, 0.2) is 17.5 Å². The number of hydrogen-bond acceptors (Lipinski definition) is 7. The second-order valence-electron chi connectivity index (χ2n) is 5.55. The van der Waals surface area contributed by atoms with E-state index in [1.807, 2.05) is 0 Å². The van der Waals surface area contributed by atoms with E-state index in [2.05, 4.69) is 22.2 Å². The van der Waals surface area contributed by atoms with Crippen LogP contribution in [-0.2, 0) is 13.0 Å². The average Bonchev–Trinajstić information content (AvgIpc) is 3.24. The molecule has 128 valence electrons. The average molecular weight is 366 g/mol. The van der Waals surface area contributed by atoms with Gasteiger partial charge in [-0.1, -0.05) is 18.3 Å². The van der Waals surface area contributed by atoms with Gasteiger partial charge in [0.2, 0.25) is 0 Å². The second kappa shape index (κ2) is 7.37. The smallest absolute Gasteiger partial charge is 0.324 e. The minimum atomic E-state index is -0.461. The first kappa shape index (κ1) is 17.0. The van der Waals surface area contributed by atoms with E-state index < -0.39 is 4.92 Å². The molecule has 1 fully saturated rings. The molecule has 2 aromatic rings. The van der Waals surface area contributed by atoms with Crippen molar-refractivity contribution < 1.29 is 9.72 Å². The Hall–Kier alpha value is -1.84. The molecule has 1 saturated heterocycles. The quantitative estimate of drug-likeness (QED) is 0.600. The number of hydrogen-bond donors (Lipinski definition) is 0. The zero-order valence-electron chi connectivity index (χ0n) is 13.3. The summed E-state index contributed by atoms with van der Waals surface area (Å²) in [4.78, 5) is 31.8. The summed E-state index contributed by atoms with van der Waals surface area (Å²) in [6.45, 7) is 5.76. The molecule has 0 saturated carbocycles. The van der Waals surface area contributed by atoms with E-state index in [4.69, 9.17) is 0 Å². The van der Waals surface area contributed by atoms with E-state index in [0.717, 1.165) is 48.1 Å². The number of rotatable bonds is 5. The first-order valence-electron chi connectivity index (χ1n) is 7.76. The lowest BCUT2D eigenvalue weighted by molar-refractivity contribution is -0.380. The van der Waals surface area contributed by atoms with E-state index in [0.29, 0.717) is 18.0 Å². The minimum Gasteiger partial charge on any atom is -0.335 e. The topological polar surface area (TPSA) is 79.6 Å². The first-order valence-corrected chi connectivity index (χ1v) is 9.45. The van der Waals surface area contributed by atoms with Gasteiger partial charge < -0.3 is 4.90 Å². The van der Waals surface area contributed by atoms with Crippen LogP contribution in [0, 0.1) is 10.1 Å². The number of thiazole rings is 1. The van der Waals surface area contributed by atoms with Gasteiger partial charge in [0.1, 0.15) is 0 Å². The molecule has 0 aromatic carbocycles. The predicted octanol–water partition coefficient (Wildman–Crippen LogP) is 2.63. The number of thiophene rings is 1. The Kier molecular flexibility index (Phi) is 5.22. The number of aryl methyl sites for hydroxylation is 1. The van der Waals surface area contributed by atoms with Gasteiger partial charge in [0.05, 0.1) is 20.5 Å². The van der Waals surface area contributed by atoms with Crippen molar-refractivity contribution in [3.63, 3.8) is 0 Å². The maximum atomic E-state index is 12.4. The number of aromatic nitrogens is 1. The Bertz CT molecular complexity index is 735. The molecule has 0 spiro atoms. The molecule has 0 atom stereocenters. The molecule has 24 heavy (non-hydrogen) atoms. The highest BCUT2D eigenvalue weighted by molar-refractivity contribution is 7.17. The Morgan fingerprint density at radius 2 is 2.08 bits per heavy atom. The summed E-state index contributed by atoms with van der Waals surface area (Å²) in [7, 11) is 0. The summed E-state index contributed by atoms with van der Waals surface area (Å²) in [5, 5.41) is 14.0. The van der Waals surface area contributed by atoms with E-state index in [1.54, 1.807) is 22.3 Å². The van der Waals surface area contributed by atoms with Gasteiger partial charge in [-0.25, -0.2) is 4.98 Å². The highest BCUT2D eigenvalue weighted by Crippen LogP contribution is 2.25. The lowest BCUT2D eigenvalue weighted by Gasteiger charge is -2.34. The molecule has 0 unspecified atom stereocenters. The van der Waals surface area contributed by atoms with Crippen LogP contribution >= 0.6 is 22.7 Å². The fourth-order valence-corrected chi connectivity index (χ4v) is 4.14. The van der Waals surface area contributed by atoms with Gasteiger partial charge in [-0.3, -0.25) is 19.8 Å². The van der Waals surface area contributed by atoms with Gasteiger partial charge in [0.15, 0.2) is 0 Å². The Labute approximate surface area is 147 Å². The van der Waals surface area contributed by atoms with Crippen LogP contribution < -0.4 is 0 Å². The van der Waals surface area contributed by atoms with Gasteiger partial charge in [-0.15, -0.1) is 11.3 Å². The van der Waals surface area contributed by atoms with Crippen molar-refractivity contribution in [2.24, 2.45) is 0 Å². The molecular weight excluding hydrogens is 348 g/mol. The molecule has 2 aromatic heterocycles. The Balaban J connectivity index is 1.54.